The highest BCUT2D eigenvalue weighted by atomic mass is 17.2. The van der Waals surface area contributed by atoms with Crippen LogP contribution < -0.4 is 9.78 Å². The third kappa shape index (κ3) is 5.28. The molecule has 24 heavy (non-hydrogen) atoms. The zero-order chi connectivity index (χ0) is 15.0. The second-order valence-corrected chi connectivity index (χ2v) is 4.76. The van der Waals surface area contributed by atoms with Gasteiger partial charge >= 0.3 is 0 Å². The van der Waals surface area contributed by atoms with E-state index in [-0.39, 0.29) is 11.0 Å². The Morgan fingerprint density at radius 2 is 1.12 bits per heavy atom. The number of hydrogen-bond acceptors (Lipinski definition) is 2. The molecule has 0 amide bonds. The van der Waals surface area contributed by atoms with Crippen LogP contribution in [0.5, 0.6) is 11.5 Å². The van der Waals surface area contributed by atoms with Crippen molar-refractivity contribution in [1.29, 1.82) is 0 Å². The summed E-state index contributed by atoms with van der Waals surface area (Å²) in [6, 6.07) is 27.3. The molecular formula is C20H20O4. The monoisotopic (exact) mass is 324 g/mol. The number of benzene rings is 3. The minimum Gasteiger partial charge on any atom is -0.412 e. The van der Waals surface area contributed by atoms with Gasteiger partial charge in [0.2, 0.25) is 0 Å². The van der Waals surface area contributed by atoms with Gasteiger partial charge in [-0.25, -0.2) is 0 Å². The summed E-state index contributed by atoms with van der Waals surface area (Å²) in [6.45, 7) is 0. The van der Waals surface area contributed by atoms with Crippen LogP contribution in [0.1, 0.15) is 11.1 Å². The fraction of sp³-hybridized carbons (Fsp3) is 0. The zero-order valence-electron chi connectivity index (χ0n) is 13.1. The first kappa shape index (κ1) is 19.0. The average Bonchev–Trinajstić information content (AvgIpc) is 2.61. The third-order valence-electron chi connectivity index (χ3n) is 3.14. The summed E-state index contributed by atoms with van der Waals surface area (Å²) >= 11 is 0. The molecule has 3 rings (SSSR count). The van der Waals surface area contributed by atoms with Crippen LogP contribution in [0.15, 0.2) is 84.9 Å². The van der Waals surface area contributed by atoms with Crippen molar-refractivity contribution in [1.82, 2.24) is 0 Å². The molecule has 4 N–H and O–H groups in total. The SMILES string of the molecule is C(=Cc1ccccc1OOc1ccccc1)c1ccccc1.O.O. The van der Waals surface area contributed by atoms with Gasteiger partial charge in [0.25, 0.3) is 0 Å². The van der Waals surface area contributed by atoms with Gasteiger partial charge in [0.05, 0.1) is 0 Å². The fourth-order valence-electron chi connectivity index (χ4n) is 2.01. The van der Waals surface area contributed by atoms with Gasteiger partial charge in [-0.1, -0.05) is 78.9 Å². The smallest absolute Gasteiger partial charge is 0.185 e. The maximum absolute atomic E-state index is 5.46. The second kappa shape index (κ2) is 9.84. The summed E-state index contributed by atoms with van der Waals surface area (Å²) in [7, 11) is 0. The standard InChI is InChI=1S/C20H16O2.2H2O/c1-3-9-17(10-4-1)15-16-18-11-7-8-14-20(18)22-21-19-12-5-2-6-13-19;;/h1-16H;2*1H2. The van der Waals surface area contributed by atoms with Crippen molar-refractivity contribution in [3.63, 3.8) is 0 Å². The molecule has 0 saturated heterocycles. The van der Waals surface area contributed by atoms with E-state index in [0.29, 0.717) is 11.5 Å². The third-order valence-corrected chi connectivity index (χ3v) is 3.14. The van der Waals surface area contributed by atoms with Gasteiger partial charge in [-0.2, -0.15) is 0 Å². The van der Waals surface area contributed by atoms with E-state index in [1.807, 2.05) is 84.9 Å². The molecule has 0 aliphatic carbocycles. The van der Waals surface area contributed by atoms with E-state index in [4.69, 9.17) is 9.78 Å². The predicted molar refractivity (Wildman–Crippen MR) is 96.7 cm³/mol. The van der Waals surface area contributed by atoms with Crippen molar-refractivity contribution >= 4 is 12.2 Å². The van der Waals surface area contributed by atoms with Crippen molar-refractivity contribution < 1.29 is 20.7 Å². The molecule has 0 unspecified atom stereocenters. The van der Waals surface area contributed by atoms with Crippen LogP contribution in [0, 0.1) is 0 Å². The minimum atomic E-state index is 0. The molecule has 0 heterocycles. The maximum Gasteiger partial charge on any atom is 0.185 e. The lowest BCUT2D eigenvalue weighted by atomic mass is 10.1. The number of rotatable bonds is 5. The van der Waals surface area contributed by atoms with Gasteiger partial charge in [-0.15, -0.1) is 0 Å². The molecule has 0 aliphatic rings. The summed E-state index contributed by atoms with van der Waals surface area (Å²) < 4.78 is 0. The highest BCUT2D eigenvalue weighted by molar-refractivity contribution is 5.72. The zero-order valence-corrected chi connectivity index (χ0v) is 13.1. The Balaban J connectivity index is 0.00000144. The molecule has 0 radical (unpaired) electrons. The number of para-hydroxylation sites is 2. The van der Waals surface area contributed by atoms with Crippen LogP contribution in [-0.4, -0.2) is 11.0 Å². The van der Waals surface area contributed by atoms with Gasteiger partial charge < -0.3 is 11.0 Å². The van der Waals surface area contributed by atoms with E-state index in [0.717, 1.165) is 11.1 Å². The molecule has 4 nitrogen and oxygen atoms in total. The first-order chi connectivity index (χ1) is 10.9. The molecular weight excluding hydrogens is 304 g/mol. The van der Waals surface area contributed by atoms with Gasteiger partial charge in [-0.05, 0) is 23.8 Å². The quantitative estimate of drug-likeness (QED) is 0.408. The van der Waals surface area contributed by atoms with Gasteiger partial charge in [0.15, 0.2) is 11.5 Å². The summed E-state index contributed by atoms with van der Waals surface area (Å²) in [5, 5.41) is 0. The van der Waals surface area contributed by atoms with E-state index >= 15 is 0 Å². The van der Waals surface area contributed by atoms with Crippen LogP contribution in [0.25, 0.3) is 12.2 Å². The molecule has 0 aromatic heterocycles. The van der Waals surface area contributed by atoms with Crippen LogP contribution in [0.4, 0.5) is 0 Å². The van der Waals surface area contributed by atoms with Crippen molar-refractivity contribution in [3.8, 4) is 11.5 Å². The molecule has 0 bridgehead atoms. The van der Waals surface area contributed by atoms with Crippen molar-refractivity contribution in [3.05, 3.63) is 96.1 Å². The summed E-state index contributed by atoms with van der Waals surface area (Å²) in [6.07, 6.45) is 4.06. The molecule has 3 aromatic rings. The first-order valence-corrected chi connectivity index (χ1v) is 7.13. The Hall–Kier alpha value is -3.08. The van der Waals surface area contributed by atoms with E-state index in [9.17, 15) is 0 Å². The molecule has 0 saturated carbocycles. The van der Waals surface area contributed by atoms with E-state index in [1.54, 1.807) is 0 Å². The summed E-state index contributed by atoms with van der Waals surface area (Å²) in [5.74, 6) is 1.35. The molecule has 124 valence electrons. The molecule has 0 fully saturated rings. The highest BCUT2D eigenvalue weighted by Gasteiger charge is 2.02. The average molecular weight is 324 g/mol. The Morgan fingerprint density at radius 3 is 1.83 bits per heavy atom. The van der Waals surface area contributed by atoms with Crippen LogP contribution >= 0.6 is 0 Å². The Morgan fingerprint density at radius 1 is 0.542 bits per heavy atom. The van der Waals surface area contributed by atoms with E-state index in [2.05, 4.69) is 12.1 Å². The molecule has 0 spiro atoms. The van der Waals surface area contributed by atoms with Crippen LogP contribution in [0.3, 0.4) is 0 Å². The highest BCUT2D eigenvalue weighted by Crippen LogP contribution is 2.22. The van der Waals surface area contributed by atoms with Crippen LogP contribution in [0.2, 0.25) is 0 Å². The fourth-order valence-corrected chi connectivity index (χ4v) is 2.01. The normalized spacial score (nSPS) is 9.67. The Bertz CT molecular complexity index is 740. The second-order valence-electron chi connectivity index (χ2n) is 4.76. The lowest BCUT2D eigenvalue weighted by Crippen LogP contribution is -2.01. The van der Waals surface area contributed by atoms with Gasteiger partial charge in [0.1, 0.15) is 0 Å². The van der Waals surface area contributed by atoms with Crippen molar-refractivity contribution in [2.45, 2.75) is 0 Å². The number of hydrogen-bond donors (Lipinski definition) is 0. The van der Waals surface area contributed by atoms with Gasteiger partial charge in [-0.3, -0.25) is 9.78 Å². The van der Waals surface area contributed by atoms with E-state index in [1.165, 1.54) is 0 Å². The lowest BCUT2D eigenvalue weighted by Gasteiger charge is -2.08. The summed E-state index contributed by atoms with van der Waals surface area (Å²) in [5.41, 5.74) is 2.10. The maximum atomic E-state index is 5.46. The predicted octanol–water partition coefficient (Wildman–Crippen LogP) is 3.58. The largest absolute Gasteiger partial charge is 0.412 e. The van der Waals surface area contributed by atoms with Crippen molar-refractivity contribution in [2.24, 2.45) is 0 Å². The molecule has 0 atom stereocenters. The molecule has 0 aliphatic heterocycles. The molecule has 4 heteroatoms. The minimum absolute atomic E-state index is 0. The molecule has 3 aromatic carbocycles. The summed E-state index contributed by atoms with van der Waals surface area (Å²) in [4.78, 5) is 10.8. The van der Waals surface area contributed by atoms with Crippen molar-refractivity contribution in [2.75, 3.05) is 0 Å². The first-order valence-electron chi connectivity index (χ1n) is 7.13. The lowest BCUT2D eigenvalue weighted by molar-refractivity contribution is -0.100. The topological polar surface area (TPSA) is 81.5 Å². The van der Waals surface area contributed by atoms with Gasteiger partial charge in [0, 0.05) is 5.56 Å². The van der Waals surface area contributed by atoms with E-state index < -0.39 is 0 Å². The van der Waals surface area contributed by atoms with Crippen LogP contribution in [-0.2, 0) is 0 Å². The Labute approximate surface area is 141 Å². The Kier molecular flexibility index (Phi) is 7.78.